The fourth-order valence-corrected chi connectivity index (χ4v) is 4.28. The second-order valence-electron chi connectivity index (χ2n) is 6.92. The third kappa shape index (κ3) is 6.04. The molecule has 4 rings (SSSR count). The van der Waals surface area contributed by atoms with Gasteiger partial charge in [0.1, 0.15) is 5.82 Å². The van der Waals surface area contributed by atoms with Crippen LogP contribution in [0, 0.1) is 5.82 Å². The number of para-hydroxylation sites is 1. The van der Waals surface area contributed by atoms with E-state index in [4.69, 9.17) is 23.2 Å². The van der Waals surface area contributed by atoms with E-state index >= 15 is 0 Å². The van der Waals surface area contributed by atoms with Crippen LogP contribution in [0.15, 0.2) is 78.0 Å². The van der Waals surface area contributed by atoms with Gasteiger partial charge >= 0.3 is 6.03 Å². The van der Waals surface area contributed by atoms with Crippen molar-refractivity contribution in [3.63, 3.8) is 0 Å². The van der Waals surface area contributed by atoms with E-state index in [1.54, 1.807) is 47.0 Å². The van der Waals surface area contributed by atoms with E-state index in [0.29, 0.717) is 38.2 Å². The molecule has 1 heterocycles. The summed E-state index contributed by atoms with van der Waals surface area (Å²) in [4.78, 5) is 12.3. The van der Waals surface area contributed by atoms with Gasteiger partial charge in [-0.05, 0) is 48.0 Å². The zero-order chi connectivity index (χ0) is 23.2. The van der Waals surface area contributed by atoms with Crippen LogP contribution in [0.2, 0.25) is 10.0 Å². The van der Waals surface area contributed by atoms with Crippen molar-refractivity contribution in [2.24, 2.45) is 0 Å². The van der Waals surface area contributed by atoms with Gasteiger partial charge in [-0.1, -0.05) is 65.3 Å². The molecule has 0 bridgehead atoms. The normalized spacial score (nSPS) is 10.8. The first kappa shape index (κ1) is 23.1. The zero-order valence-electron chi connectivity index (χ0n) is 17.1. The fourth-order valence-electron chi connectivity index (χ4n) is 2.99. The van der Waals surface area contributed by atoms with Gasteiger partial charge in [0.05, 0.1) is 17.3 Å². The van der Waals surface area contributed by atoms with Crippen molar-refractivity contribution in [3.05, 3.63) is 100 Å². The average Bonchev–Trinajstić information content (AvgIpc) is 3.22. The van der Waals surface area contributed by atoms with E-state index in [2.05, 4.69) is 20.8 Å². The van der Waals surface area contributed by atoms with Crippen LogP contribution in [0.4, 0.5) is 14.9 Å². The lowest BCUT2D eigenvalue weighted by Crippen LogP contribution is -2.29. The van der Waals surface area contributed by atoms with Crippen LogP contribution in [0.25, 0.3) is 5.69 Å². The molecule has 0 fully saturated rings. The fraction of sp³-hybridized carbons (Fsp3) is 0.0870. The van der Waals surface area contributed by atoms with Crippen LogP contribution in [-0.2, 0) is 12.3 Å². The Morgan fingerprint density at radius 2 is 1.76 bits per heavy atom. The van der Waals surface area contributed by atoms with Crippen molar-refractivity contribution >= 4 is 46.7 Å². The number of rotatable bonds is 7. The predicted octanol–water partition coefficient (Wildman–Crippen LogP) is 6.33. The van der Waals surface area contributed by atoms with Crippen LogP contribution in [-0.4, -0.2) is 20.8 Å². The first-order chi connectivity index (χ1) is 16.0. The first-order valence-electron chi connectivity index (χ1n) is 9.86. The Labute approximate surface area is 204 Å². The molecular formula is C23H18Cl2FN5OS. The summed E-state index contributed by atoms with van der Waals surface area (Å²) in [6.45, 7) is 0.103. The topological polar surface area (TPSA) is 71.8 Å². The molecule has 10 heteroatoms. The van der Waals surface area contributed by atoms with Gasteiger partial charge in [0, 0.05) is 16.5 Å². The molecule has 0 aliphatic rings. The number of thioether (sulfide) groups is 1. The molecular weight excluding hydrogens is 484 g/mol. The van der Waals surface area contributed by atoms with Crippen LogP contribution in [0.3, 0.4) is 0 Å². The Kier molecular flexibility index (Phi) is 7.49. The molecule has 0 unspecified atom stereocenters. The second kappa shape index (κ2) is 10.7. The van der Waals surface area contributed by atoms with E-state index in [0.717, 1.165) is 5.56 Å². The lowest BCUT2D eigenvalue weighted by Gasteiger charge is -2.13. The Balaban J connectivity index is 1.56. The smallest absolute Gasteiger partial charge is 0.319 e. The summed E-state index contributed by atoms with van der Waals surface area (Å²) in [7, 11) is 0. The molecule has 2 N–H and O–H groups in total. The Morgan fingerprint density at radius 3 is 2.52 bits per heavy atom. The van der Waals surface area contributed by atoms with E-state index in [1.807, 2.05) is 18.2 Å². The number of hydrogen-bond acceptors (Lipinski definition) is 4. The molecule has 4 aromatic rings. The highest BCUT2D eigenvalue weighted by atomic mass is 35.5. The number of benzene rings is 3. The van der Waals surface area contributed by atoms with Crippen LogP contribution < -0.4 is 10.6 Å². The maximum absolute atomic E-state index is 13.2. The molecule has 1 aromatic heterocycles. The minimum Gasteiger partial charge on any atom is -0.331 e. The molecule has 0 radical (unpaired) electrons. The molecule has 6 nitrogen and oxygen atoms in total. The zero-order valence-corrected chi connectivity index (χ0v) is 19.5. The van der Waals surface area contributed by atoms with Gasteiger partial charge in [0.15, 0.2) is 11.0 Å². The Morgan fingerprint density at radius 1 is 1.00 bits per heavy atom. The standard InChI is InChI=1S/C23H18Cl2FN5OS/c24-16-8-11-19(25)20(12-16)31-21(13-27-22(32)28-18-4-2-1-3-5-18)29-30-23(31)33-14-15-6-9-17(26)10-7-15/h1-12H,13-14H2,(H2,27,28,32). The molecule has 3 aromatic carbocycles. The van der Waals surface area contributed by atoms with Crippen molar-refractivity contribution in [3.8, 4) is 5.69 Å². The highest BCUT2D eigenvalue weighted by molar-refractivity contribution is 7.98. The number of carbonyl (C=O) groups is 1. The van der Waals surface area contributed by atoms with Crippen LogP contribution in [0.1, 0.15) is 11.4 Å². The van der Waals surface area contributed by atoms with Gasteiger partial charge in [-0.25, -0.2) is 9.18 Å². The first-order valence-corrected chi connectivity index (χ1v) is 11.6. The number of amides is 2. The summed E-state index contributed by atoms with van der Waals surface area (Å²) in [5.41, 5.74) is 2.19. The Bertz CT molecular complexity index is 1250. The Hall–Kier alpha value is -3.07. The van der Waals surface area contributed by atoms with Crippen molar-refractivity contribution < 1.29 is 9.18 Å². The summed E-state index contributed by atoms with van der Waals surface area (Å²) in [5.74, 6) is 0.724. The van der Waals surface area contributed by atoms with Gasteiger partial charge in [-0.3, -0.25) is 4.57 Å². The van der Waals surface area contributed by atoms with Crippen LogP contribution in [0.5, 0.6) is 0 Å². The monoisotopic (exact) mass is 501 g/mol. The van der Waals surface area contributed by atoms with Crippen molar-refractivity contribution in [1.29, 1.82) is 0 Å². The van der Waals surface area contributed by atoms with Gasteiger partial charge in [-0.15, -0.1) is 10.2 Å². The van der Waals surface area contributed by atoms with Gasteiger partial charge in [-0.2, -0.15) is 0 Å². The highest BCUT2D eigenvalue weighted by Gasteiger charge is 2.18. The predicted molar refractivity (Wildman–Crippen MR) is 130 cm³/mol. The molecule has 168 valence electrons. The minimum atomic E-state index is -0.381. The van der Waals surface area contributed by atoms with E-state index in [9.17, 15) is 9.18 Å². The lowest BCUT2D eigenvalue weighted by molar-refractivity contribution is 0.251. The maximum atomic E-state index is 13.2. The summed E-state index contributed by atoms with van der Waals surface area (Å²) in [5, 5.41) is 15.6. The van der Waals surface area contributed by atoms with E-state index < -0.39 is 0 Å². The number of urea groups is 1. The average molecular weight is 502 g/mol. The van der Waals surface area contributed by atoms with Gasteiger partial charge in [0.2, 0.25) is 0 Å². The lowest BCUT2D eigenvalue weighted by atomic mass is 10.2. The van der Waals surface area contributed by atoms with E-state index in [1.165, 1.54) is 23.9 Å². The van der Waals surface area contributed by atoms with Crippen molar-refractivity contribution in [2.75, 3.05) is 5.32 Å². The molecule has 0 spiro atoms. The number of hydrogen-bond donors (Lipinski definition) is 2. The number of aromatic nitrogens is 3. The quantitative estimate of drug-likeness (QED) is 0.290. The molecule has 0 saturated heterocycles. The highest BCUT2D eigenvalue weighted by Crippen LogP contribution is 2.31. The number of nitrogens with zero attached hydrogens (tertiary/aromatic N) is 3. The summed E-state index contributed by atoms with van der Waals surface area (Å²) in [6, 6.07) is 20.1. The number of halogens is 3. The SMILES string of the molecule is O=C(NCc1nnc(SCc2ccc(F)cc2)n1-c1cc(Cl)ccc1Cl)Nc1ccccc1. The molecule has 0 aliphatic carbocycles. The minimum absolute atomic E-state index is 0.103. The third-order valence-electron chi connectivity index (χ3n) is 4.57. The summed E-state index contributed by atoms with van der Waals surface area (Å²) >= 11 is 14.1. The van der Waals surface area contributed by atoms with Crippen LogP contribution >= 0.6 is 35.0 Å². The molecule has 0 saturated carbocycles. The number of nitrogens with one attached hydrogen (secondary N) is 2. The molecule has 0 atom stereocenters. The third-order valence-corrected chi connectivity index (χ3v) is 6.12. The molecule has 0 aliphatic heterocycles. The van der Waals surface area contributed by atoms with Crippen molar-refractivity contribution in [2.45, 2.75) is 17.5 Å². The van der Waals surface area contributed by atoms with Crippen molar-refractivity contribution in [1.82, 2.24) is 20.1 Å². The van der Waals surface area contributed by atoms with E-state index in [-0.39, 0.29) is 18.4 Å². The summed E-state index contributed by atoms with van der Waals surface area (Å²) < 4.78 is 15.0. The molecule has 33 heavy (non-hydrogen) atoms. The number of carbonyl (C=O) groups excluding carboxylic acids is 1. The second-order valence-corrected chi connectivity index (χ2v) is 8.70. The molecule has 2 amide bonds. The van der Waals surface area contributed by atoms with Gasteiger partial charge in [0.25, 0.3) is 0 Å². The number of anilines is 1. The maximum Gasteiger partial charge on any atom is 0.319 e. The van der Waals surface area contributed by atoms with Gasteiger partial charge < -0.3 is 10.6 Å². The largest absolute Gasteiger partial charge is 0.331 e. The summed E-state index contributed by atoms with van der Waals surface area (Å²) in [6.07, 6.45) is 0.